The van der Waals surface area contributed by atoms with Gasteiger partial charge in [-0.05, 0) is 25.3 Å². The Morgan fingerprint density at radius 1 is 1.27 bits per heavy atom. The maximum Gasteiger partial charge on any atom is 0.251 e. The van der Waals surface area contributed by atoms with Crippen molar-refractivity contribution in [2.45, 2.75) is 44.8 Å². The summed E-state index contributed by atoms with van der Waals surface area (Å²) < 4.78 is 24.9. The van der Waals surface area contributed by atoms with Crippen molar-refractivity contribution in [2.75, 3.05) is 32.7 Å². The van der Waals surface area contributed by atoms with Gasteiger partial charge in [0.2, 0.25) is 0 Å². The fourth-order valence-electron chi connectivity index (χ4n) is 3.12. The molecule has 1 unspecified atom stereocenters. The molecular formula is C19H30F2N4O. The van der Waals surface area contributed by atoms with E-state index in [4.69, 9.17) is 0 Å². The molecule has 0 aliphatic carbocycles. The number of aliphatic hydroxyl groups excluding tert-OH is 1. The molecular weight excluding hydrogens is 338 g/mol. The Hall–Kier alpha value is -1.73. The zero-order valence-electron chi connectivity index (χ0n) is 15.4. The highest BCUT2D eigenvalue weighted by Crippen LogP contribution is 2.12. The van der Waals surface area contributed by atoms with Gasteiger partial charge in [0.15, 0.2) is 5.96 Å². The first-order valence-corrected chi connectivity index (χ1v) is 9.34. The summed E-state index contributed by atoms with van der Waals surface area (Å²) in [6.45, 7) is 4.21. The highest BCUT2D eigenvalue weighted by Gasteiger charge is 2.22. The Bertz CT molecular complexity index is 534. The Morgan fingerprint density at radius 3 is 2.58 bits per heavy atom. The Labute approximate surface area is 154 Å². The number of alkyl halides is 2. The second-order valence-electron chi connectivity index (χ2n) is 6.67. The summed E-state index contributed by atoms with van der Waals surface area (Å²) in [6.07, 6.45) is -0.631. The fourth-order valence-corrected chi connectivity index (χ4v) is 3.12. The minimum atomic E-state index is -2.27. The van der Waals surface area contributed by atoms with Gasteiger partial charge in [-0.2, -0.15) is 0 Å². The number of hydrogen-bond acceptors (Lipinski definition) is 3. The number of likely N-dealkylation sites (tertiary alicyclic amines) is 1. The molecule has 1 heterocycles. The molecule has 0 saturated carbocycles. The molecule has 0 spiro atoms. The van der Waals surface area contributed by atoms with Crippen LogP contribution in [0.2, 0.25) is 0 Å². The lowest BCUT2D eigenvalue weighted by molar-refractivity contribution is 0.0744. The van der Waals surface area contributed by atoms with Crippen molar-refractivity contribution in [2.24, 2.45) is 4.99 Å². The third-order valence-corrected chi connectivity index (χ3v) is 4.44. The summed E-state index contributed by atoms with van der Waals surface area (Å²) in [4.78, 5) is 6.28. The van der Waals surface area contributed by atoms with Crippen LogP contribution in [0.4, 0.5) is 8.78 Å². The fraction of sp³-hybridized carbons (Fsp3) is 0.632. The zero-order chi connectivity index (χ0) is 18.8. The molecule has 0 aromatic heterocycles. The Kier molecular flexibility index (Phi) is 8.77. The average molecular weight is 368 g/mol. The van der Waals surface area contributed by atoms with E-state index < -0.39 is 12.5 Å². The second kappa shape index (κ2) is 11.1. The number of hydrogen-bond donors (Lipinski definition) is 3. The monoisotopic (exact) mass is 368 g/mol. The van der Waals surface area contributed by atoms with Gasteiger partial charge in [-0.25, -0.2) is 8.78 Å². The molecule has 5 nitrogen and oxygen atoms in total. The molecule has 0 radical (unpaired) electrons. The summed E-state index contributed by atoms with van der Waals surface area (Å²) in [5.41, 5.74) is 1.08. The van der Waals surface area contributed by atoms with E-state index >= 15 is 0 Å². The molecule has 1 aromatic rings. The van der Waals surface area contributed by atoms with Crippen molar-refractivity contribution < 1.29 is 13.9 Å². The number of aliphatic imine (C=N–C) groups is 1. The van der Waals surface area contributed by atoms with Crippen LogP contribution in [0.5, 0.6) is 0 Å². The van der Waals surface area contributed by atoms with Crippen molar-refractivity contribution in [1.29, 1.82) is 0 Å². The lowest BCUT2D eigenvalue weighted by atomic mass is 10.1. The van der Waals surface area contributed by atoms with Crippen molar-refractivity contribution in [3.8, 4) is 0 Å². The van der Waals surface area contributed by atoms with Crippen LogP contribution in [-0.4, -0.2) is 67.3 Å². The lowest BCUT2D eigenvalue weighted by Gasteiger charge is -2.32. The molecule has 146 valence electrons. The predicted molar refractivity (Wildman–Crippen MR) is 101 cm³/mol. The molecule has 7 heteroatoms. The van der Waals surface area contributed by atoms with E-state index in [1.807, 2.05) is 37.3 Å². The van der Waals surface area contributed by atoms with Gasteiger partial charge in [0, 0.05) is 32.1 Å². The van der Waals surface area contributed by atoms with Gasteiger partial charge in [-0.3, -0.25) is 9.89 Å². The van der Waals surface area contributed by atoms with E-state index in [-0.39, 0.29) is 12.6 Å². The number of aliphatic hydroxyl groups is 1. The maximum absolute atomic E-state index is 12.4. The number of nitrogens with one attached hydrogen (secondary N) is 2. The SMILES string of the molecule is CCNC(=NCC(O)Cc1ccccc1)NC1CCN(CC(F)F)CC1. The molecule has 1 aromatic carbocycles. The second-order valence-corrected chi connectivity index (χ2v) is 6.67. The first-order chi connectivity index (χ1) is 12.6. The van der Waals surface area contributed by atoms with Crippen LogP contribution in [0.15, 0.2) is 35.3 Å². The van der Waals surface area contributed by atoms with E-state index in [1.165, 1.54) is 0 Å². The van der Waals surface area contributed by atoms with Crippen molar-refractivity contribution in [3.63, 3.8) is 0 Å². The van der Waals surface area contributed by atoms with Gasteiger partial charge in [-0.1, -0.05) is 30.3 Å². The number of nitrogens with zero attached hydrogens (tertiary/aromatic N) is 2. The van der Waals surface area contributed by atoms with E-state index in [1.54, 1.807) is 4.90 Å². The van der Waals surface area contributed by atoms with Crippen LogP contribution in [0.1, 0.15) is 25.3 Å². The largest absolute Gasteiger partial charge is 0.391 e. The summed E-state index contributed by atoms with van der Waals surface area (Å²) in [6, 6.07) is 10.1. The van der Waals surface area contributed by atoms with Crippen LogP contribution < -0.4 is 10.6 Å². The van der Waals surface area contributed by atoms with Crippen molar-refractivity contribution >= 4 is 5.96 Å². The minimum absolute atomic E-state index is 0.146. The molecule has 1 aliphatic rings. The maximum atomic E-state index is 12.4. The third-order valence-electron chi connectivity index (χ3n) is 4.44. The Balaban J connectivity index is 1.79. The third kappa shape index (κ3) is 7.66. The van der Waals surface area contributed by atoms with E-state index in [9.17, 15) is 13.9 Å². The molecule has 3 N–H and O–H groups in total. The molecule has 2 rings (SSSR count). The normalized spacial score (nSPS) is 18.1. The quantitative estimate of drug-likeness (QED) is 0.484. The molecule has 26 heavy (non-hydrogen) atoms. The van der Waals surface area contributed by atoms with Crippen LogP contribution >= 0.6 is 0 Å². The smallest absolute Gasteiger partial charge is 0.251 e. The first-order valence-electron chi connectivity index (χ1n) is 9.34. The molecule has 1 fully saturated rings. The topological polar surface area (TPSA) is 59.9 Å². The first kappa shape index (κ1) is 20.6. The van der Waals surface area contributed by atoms with Gasteiger partial charge in [0.05, 0.1) is 19.2 Å². The zero-order valence-corrected chi connectivity index (χ0v) is 15.4. The van der Waals surface area contributed by atoms with Crippen LogP contribution in [0.3, 0.4) is 0 Å². The number of benzene rings is 1. The highest BCUT2D eigenvalue weighted by molar-refractivity contribution is 5.80. The highest BCUT2D eigenvalue weighted by atomic mass is 19.3. The van der Waals surface area contributed by atoms with Gasteiger partial charge < -0.3 is 15.7 Å². The lowest BCUT2D eigenvalue weighted by Crippen LogP contribution is -2.49. The Morgan fingerprint density at radius 2 is 1.96 bits per heavy atom. The molecule has 0 bridgehead atoms. The summed E-state index contributed by atoms with van der Waals surface area (Å²) in [5.74, 6) is 0.673. The van der Waals surface area contributed by atoms with Crippen molar-refractivity contribution in [1.82, 2.24) is 15.5 Å². The molecule has 1 atom stereocenters. The number of rotatable bonds is 8. The minimum Gasteiger partial charge on any atom is -0.391 e. The number of guanidine groups is 1. The van der Waals surface area contributed by atoms with E-state index in [0.29, 0.717) is 32.0 Å². The average Bonchev–Trinajstić information content (AvgIpc) is 2.62. The standard InChI is InChI=1S/C19H30F2N4O/c1-2-22-19(23-13-17(26)12-15-6-4-3-5-7-15)24-16-8-10-25(11-9-16)14-18(20)21/h3-7,16-18,26H,2,8-14H2,1H3,(H2,22,23,24). The van der Waals surface area contributed by atoms with E-state index in [0.717, 1.165) is 24.9 Å². The molecule has 1 saturated heterocycles. The number of piperidine rings is 1. The van der Waals surface area contributed by atoms with Crippen LogP contribution in [0.25, 0.3) is 0 Å². The van der Waals surface area contributed by atoms with Crippen LogP contribution in [-0.2, 0) is 6.42 Å². The van der Waals surface area contributed by atoms with Crippen molar-refractivity contribution in [3.05, 3.63) is 35.9 Å². The van der Waals surface area contributed by atoms with Gasteiger partial charge >= 0.3 is 0 Å². The number of halogens is 2. The molecule has 1 aliphatic heterocycles. The van der Waals surface area contributed by atoms with Crippen LogP contribution in [0, 0.1) is 0 Å². The summed E-state index contributed by atoms with van der Waals surface area (Å²) in [5, 5.41) is 16.8. The van der Waals surface area contributed by atoms with E-state index in [2.05, 4.69) is 15.6 Å². The summed E-state index contributed by atoms with van der Waals surface area (Å²) in [7, 11) is 0. The van der Waals surface area contributed by atoms with Gasteiger partial charge in [-0.15, -0.1) is 0 Å². The van der Waals surface area contributed by atoms with Gasteiger partial charge in [0.1, 0.15) is 0 Å². The predicted octanol–water partition coefficient (Wildman–Crippen LogP) is 1.87. The molecule has 0 amide bonds. The summed E-state index contributed by atoms with van der Waals surface area (Å²) >= 11 is 0. The van der Waals surface area contributed by atoms with Gasteiger partial charge in [0.25, 0.3) is 6.43 Å².